The number of aromatic nitrogens is 2. The first-order chi connectivity index (χ1) is 11.1. The molecule has 0 aliphatic heterocycles. The molecule has 6 heteroatoms. The van der Waals surface area contributed by atoms with E-state index in [1.807, 2.05) is 24.3 Å². The normalized spacial score (nSPS) is 12.1. The van der Waals surface area contributed by atoms with Crippen molar-refractivity contribution >= 4 is 17.7 Å². The monoisotopic (exact) mass is 333 g/mol. The minimum atomic E-state index is -0.0666. The number of nitrogens with zero attached hydrogens (tertiary/aromatic N) is 2. The van der Waals surface area contributed by atoms with E-state index in [0.29, 0.717) is 11.5 Å². The SMILES string of the molecule is CCCCc1noc(C(C)SCc2ccc(C(=O)NC)cc2)n1. The fourth-order valence-corrected chi connectivity index (χ4v) is 2.93. The molecule has 1 atom stereocenters. The van der Waals surface area contributed by atoms with Crippen LogP contribution in [0.3, 0.4) is 0 Å². The van der Waals surface area contributed by atoms with Gasteiger partial charge in [0.25, 0.3) is 5.91 Å². The lowest BCUT2D eigenvalue weighted by molar-refractivity contribution is 0.0963. The maximum absolute atomic E-state index is 11.5. The number of unbranched alkanes of at least 4 members (excludes halogenated alkanes) is 1. The Hall–Kier alpha value is -1.82. The van der Waals surface area contributed by atoms with Crippen LogP contribution in [0.5, 0.6) is 0 Å². The van der Waals surface area contributed by atoms with Gasteiger partial charge in [0.1, 0.15) is 0 Å². The van der Waals surface area contributed by atoms with Gasteiger partial charge in [-0.2, -0.15) is 4.98 Å². The summed E-state index contributed by atoms with van der Waals surface area (Å²) >= 11 is 1.74. The maximum Gasteiger partial charge on any atom is 0.251 e. The summed E-state index contributed by atoms with van der Waals surface area (Å²) < 4.78 is 5.34. The second-order valence-corrected chi connectivity index (χ2v) is 6.71. The standard InChI is InChI=1S/C17H23N3O2S/c1-4-5-6-15-19-17(22-20-15)12(2)23-11-13-7-9-14(10-8-13)16(21)18-3/h7-10,12H,4-6,11H2,1-3H3,(H,18,21). The lowest BCUT2D eigenvalue weighted by atomic mass is 10.1. The molecule has 0 aliphatic rings. The fourth-order valence-electron chi connectivity index (χ4n) is 2.06. The Balaban J connectivity index is 1.87. The first-order valence-corrected chi connectivity index (χ1v) is 8.94. The minimum Gasteiger partial charge on any atom is -0.355 e. The van der Waals surface area contributed by atoms with E-state index in [2.05, 4.69) is 29.3 Å². The summed E-state index contributed by atoms with van der Waals surface area (Å²) in [5.41, 5.74) is 1.84. The summed E-state index contributed by atoms with van der Waals surface area (Å²) in [6.07, 6.45) is 3.08. The Morgan fingerprint density at radius 1 is 1.35 bits per heavy atom. The van der Waals surface area contributed by atoms with Gasteiger partial charge in [-0.3, -0.25) is 4.79 Å². The molecule has 1 heterocycles. The number of hydrogen-bond donors (Lipinski definition) is 1. The first-order valence-electron chi connectivity index (χ1n) is 7.89. The zero-order valence-corrected chi connectivity index (χ0v) is 14.7. The predicted molar refractivity (Wildman–Crippen MR) is 92.5 cm³/mol. The molecule has 1 N–H and O–H groups in total. The summed E-state index contributed by atoms with van der Waals surface area (Å²) in [4.78, 5) is 16.0. The van der Waals surface area contributed by atoms with E-state index in [1.54, 1.807) is 18.8 Å². The Labute approximate surface area is 141 Å². The predicted octanol–water partition coefficient (Wildman–Crippen LogP) is 3.77. The fraction of sp³-hybridized carbons (Fsp3) is 0.471. The van der Waals surface area contributed by atoms with Crippen LogP contribution >= 0.6 is 11.8 Å². The number of aryl methyl sites for hydroxylation is 1. The molecule has 1 unspecified atom stereocenters. The van der Waals surface area contributed by atoms with Crippen LogP contribution < -0.4 is 5.32 Å². The molecule has 0 radical (unpaired) electrons. The van der Waals surface area contributed by atoms with Gasteiger partial charge >= 0.3 is 0 Å². The number of hydrogen-bond acceptors (Lipinski definition) is 5. The number of amides is 1. The van der Waals surface area contributed by atoms with Crippen molar-refractivity contribution in [3.63, 3.8) is 0 Å². The van der Waals surface area contributed by atoms with Crippen LogP contribution in [0.2, 0.25) is 0 Å². The van der Waals surface area contributed by atoms with Crippen molar-refractivity contribution in [2.45, 2.75) is 44.1 Å². The molecule has 0 saturated heterocycles. The average Bonchev–Trinajstić information content (AvgIpc) is 3.06. The molecule has 23 heavy (non-hydrogen) atoms. The van der Waals surface area contributed by atoms with Crippen LogP contribution in [-0.4, -0.2) is 23.1 Å². The van der Waals surface area contributed by atoms with Crippen LogP contribution in [0.4, 0.5) is 0 Å². The molecule has 1 amide bonds. The Kier molecular flexibility index (Phi) is 6.65. The molecule has 5 nitrogen and oxygen atoms in total. The zero-order valence-electron chi connectivity index (χ0n) is 13.8. The second kappa shape index (κ2) is 8.72. The van der Waals surface area contributed by atoms with Crippen molar-refractivity contribution in [2.24, 2.45) is 0 Å². The van der Waals surface area contributed by atoms with E-state index < -0.39 is 0 Å². The van der Waals surface area contributed by atoms with Crippen molar-refractivity contribution in [1.82, 2.24) is 15.5 Å². The molecule has 124 valence electrons. The first kappa shape index (κ1) is 17.5. The van der Waals surface area contributed by atoms with E-state index in [-0.39, 0.29) is 11.2 Å². The van der Waals surface area contributed by atoms with Crippen molar-refractivity contribution in [2.75, 3.05) is 7.05 Å². The molecular formula is C17H23N3O2S. The van der Waals surface area contributed by atoms with E-state index in [4.69, 9.17) is 4.52 Å². The molecule has 0 fully saturated rings. The van der Waals surface area contributed by atoms with Crippen LogP contribution in [0.15, 0.2) is 28.8 Å². The zero-order chi connectivity index (χ0) is 16.7. The van der Waals surface area contributed by atoms with Gasteiger partial charge in [0.05, 0.1) is 5.25 Å². The van der Waals surface area contributed by atoms with Gasteiger partial charge in [-0.25, -0.2) is 0 Å². The summed E-state index contributed by atoms with van der Waals surface area (Å²) in [6, 6.07) is 7.64. The highest BCUT2D eigenvalue weighted by atomic mass is 32.2. The van der Waals surface area contributed by atoms with Gasteiger partial charge in [-0.05, 0) is 31.0 Å². The highest BCUT2D eigenvalue weighted by Crippen LogP contribution is 2.30. The molecule has 0 bridgehead atoms. The van der Waals surface area contributed by atoms with E-state index in [0.717, 1.165) is 30.8 Å². The molecule has 0 aliphatic carbocycles. The van der Waals surface area contributed by atoms with E-state index in [1.165, 1.54) is 5.56 Å². The van der Waals surface area contributed by atoms with Crippen molar-refractivity contribution in [3.05, 3.63) is 47.1 Å². The molecule has 1 aromatic carbocycles. The molecule has 1 aromatic heterocycles. The summed E-state index contributed by atoms with van der Waals surface area (Å²) in [5.74, 6) is 2.25. The van der Waals surface area contributed by atoms with Gasteiger partial charge in [0.15, 0.2) is 5.82 Å². The molecule has 0 spiro atoms. The largest absolute Gasteiger partial charge is 0.355 e. The Bertz CT molecular complexity index is 625. The molecule has 2 rings (SSSR count). The van der Waals surface area contributed by atoms with Crippen LogP contribution in [-0.2, 0) is 12.2 Å². The molecule has 0 saturated carbocycles. The minimum absolute atomic E-state index is 0.0666. The van der Waals surface area contributed by atoms with Crippen LogP contribution in [0, 0.1) is 0 Å². The van der Waals surface area contributed by atoms with Crippen molar-refractivity contribution in [1.29, 1.82) is 0 Å². The van der Waals surface area contributed by atoms with Gasteiger partial charge in [0.2, 0.25) is 5.89 Å². The Morgan fingerprint density at radius 2 is 2.09 bits per heavy atom. The number of benzene rings is 1. The third-order valence-corrected chi connectivity index (χ3v) is 4.73. The highest BCUT2D eigenvalue weighted by Gasteiger charge is 2.14. The van der Waals surface area contributed by atoms with Crippen LogP contribution in [0.1, 0.15) is 59.6 Å². The van der Waals surface area contributed by atoms with Crippen LogP contribution in [0.25, 0.3) is 0 Å². The molecular weight excluding hydrogens is 310 g/mol. The van der Waals surface area contributed by atoms with E-state index in [9.17, 15) is 4.79 Å². The smallest absolute Gasteiger partial charge is 0.251 e. The number of thioether (sulfide) groups is 1. The number of rotatable bonds is 8. The summed E-state index contributed by atoms with van der Waals surface area (Å²) in [7, 11) is 1.63. The summed E-state index contributed by atoms with van der Waals surface area (Å²) in [5, 5.41) is 6.79. The molecule has 2 aromatic rings. The van der Waals surface area contributed by atoms with Gasteiger partial charge in [-0.1, -0.05) is 30.6 Å². The highest BCUT2D eigenvalue weighted by molar-refractivity contribution is 7.98. The topological polar surface area (TPSA) is 68.0 Å². The van der Waals surface area contributed by atoms with Gasteiger partial charge in [0, 0.05) is 24.8 Å². The third-order valence-electron chi connectivity index (χ3n) is 3.53. The quantitative estimate of drug-likeness (QED) is 0.796. The van der Waals surface area contributed by atoms with Gasteiger partial charge < -0.3 is 9.84 Å². The lowest BCUT2D eigenvalue weighted by Gasteiger charge is -2.07. The average molecular weight is 333 g/mol. The van der Waals surface area contributed by atoms with Gasteiger partial charge in [-0.15, -0.1) is 11.8 Å². The van der Waals surface area contributed by atoms with Crippen molar-refractivity contribution < 1.29 is 9.32 Å². The Morgan fingerprint density at radius 3 is 2.74 bits per heavy atom. The summed E-state index contributed by atoms with van der Waals surface area (Å²) in [6.45, 7) is 4.22. The number of carbonyl (C=O) groups is 1. The number of nitrogens with one attached hydrogen (secondary N) is 1. The number of carbonyl (C=O) groups excluding carboxylic acids is 1. The lowest BCUT2D eigenvalue weighted by Crippen LogP contribution is -2.17. The third kappa shape index (κ3) is 5.10. The van der Waals surface area contributed by atoms with E-state index >= 15 is 0 Å². The second-order valence-electron chi connectivity index (χ2n) is 5.38. The maximum atomic E-state index is 11.5. The van der Waals surface area contributed by atoms with Crippen molar-refractivity contribution in [3.8, 4) is 0 Å².